The molecule has 2 unspecified atom stereocenters. The van der Waals surface area contributed by atoms with E-state index < -0.39 is 0 Å². The fourth-order valence-electron chi connectivity index (χ4n) is 2.07. The van der Waals surface area contributed by atoms with Crippen LogP contribution in [-0.4, -0.2) is 41.5 Å². The molecule has 20 heavy (non-hydrogen) atoms. The number of halogens is 2. The van der Waals surface area contributed by atoms with Gasteiger partial charge in [0.15, 0.2) is 5.65 Å². The SMILES string of the molecule is COCC(Cn1c(C(C)Cl)nc2cc(Br)cnc21)OC. The molecule has 0 N–H and O–H groups in total. The number of fused-ring (bicyclic) bond motifs is 1. The van der Waals surface area contributed by atoms with Crippen LogP contribution in [0.1, 0.15) is 18.1 Å². The molecule has 0 spiro atoms. The quantitative estimate of drug-likeness (QED) is 0.741. The van der Waals surface area contributed by atoms with Crippen LogP contribution in [0, 0.1) is 0 Å². The van der Waals surface area contributed by atoms with Gasteiger partial charge < -0.3 is 14.0 Å². The van der Waals surface area contributed by atoms with E-state index in [1.54, 1.807) is 20.4 Å². The van der Waals surface area contributed by atoms with Crippen molar-refractivity contribution in [3.63, 3.8) is 0 Å². The molecule has 5 nitrogen and oxygen atoms in total. The molecule has 7 heteroatoms. The molecule has 0 radical (unpaired) electrons. The summed E-state index contributed by atoms with van der Waals surface area (Å²) < 4.78 is 13.5. The Morgan fingerprint density at radius 1 is 1.45 bits per heavy atom. The highest BCUT2D eigenvalue weighted by molar-refractivity contribution is 9.10. The van der Waals surface area contributed by atoms with Gasteiger partial charge in [-0.05, 0) is 28.9 Å². The summed E-state index contributed by atoms with van der Waals surface area (Å²) in [6, 6.07) is 1.93. The topological polar surface area (TPSA) is 49.2 Å². The Hall–Kier alpha value is -0.690. The van der Waals surface area contributed by atoms with Crippen LogP contribution in [-0.2, 0) is 16.0 Å². The van der Waals surface area contributed by atoms with Gasteiger partial charge in [-0.15, -0.1) is 11.6 Å². The van der Waals surface area contributed by atoms with Crippen molar-refractivity contribution in [2.75, 3.05) is 20.8 Å². The van der Waals surface area contributed by atoms with E-state index >= 15 is 0 Å². The Balaban J connectivity index is 2.45. The number of methoxy groups -OCH3 is 2. The van der Waals surface area contributed by atoms with Crippen molar-refractivity contribution in [2.24, 2.45) is 0 Å². The first-order valence-corrected chi connectivity index (χ1v) is 7.47. The number of nitrogens with zero attached hydrogens (tertiary/aromatic N) is 3. The van der Waals surface area contributed by atoms with Crippen LogP contribution in [0.3, 0.4) is 0 Å². The summed E-state index contributed by atoms with van der Waals surface area (Å²) in [5, 5.41) is -0.206. The van der Waals surface area contributed by atoms with Crippen molar-refractivity contribution in [3.8, 4) is 0 Å². The molecule has 2 rings (SSSR count). The molecule has 0 aliphatic rings. The van der Waals surface area contributed by atoms with Gasteiger partial charge in [0.05, 0.1) is 24.6 Å². The Morgan fingerprint density at radius 2 is 2.20 bits per heavy atom. The molecular weight excluding hydrogens is 346 g/mol. The van der Waals surface area contributed by atoms with E-state index in [4.69, 9.17) is 21.1 Å². The number of hydrogen-bond acceptors (Lipinski definition) is 4. The van der Waals surface area contributed by atoms with E-state index in [9.17, 15) is 0 Å². The van der Waals surface area contributed by atoms with Gasteiger partial charge in [-0.25, -0.2) is 9.97 Å². The minimum absolute atomic E-state index is 0.0722. The second-order valence-corrected chi connectivity index (χ2v) is 6.08. The van der Waals surface area contributed by atoms with Crippen molar-refractivity contribution in [2.45, 2.75) is 24.9 Å². The number of alkyl halides is 1. The lowest BCUT2D eigenvalue weighted by molar-refractivity contribution is 0.0185. The van der Waals surface area contributed by atoms with Gasteiger partial charge in [0.25, 0.3) is 0 Å². The Bertz CT molecular complexity index is 588. The third kappa shape index (κ3) is 3.31. The van der Waals surface area contributed by atoms with Crippen molar-refractivity contribution in [3.05, 3.63) is 22.6 Å². The summed E-state index contributed by atoms with van der Waals surface area (Å²) in [5.41, 5.74) is 1.61. The van der Waals surface area contributed by atoms with E-state index in [-0.39, 0.29) is 11.5 Å². The van der Waals surface area contributed by atoms with E-state index in [0.717, 1.165) is 21.5 Å². The Labute approximate surface area is 131 Å². The van der Waals surface area contributed by atoms with Gasteiger partial charge in [0.1, 0.15) is 11.3 Å². The fourth-order valence-corrected chi connectivity index (χ4v) is 2.56. The van der Waals surface area contributed by atoms with Gasteiger partial charge in [0, 0.05) is 24.9 Å². The highest BCUT2D eigenvalue weighted by atomic mass is 79.9. The molecule has 2 heterocycles. The number of hydrogen-bond donors (Lipinski definition) is 0. The van der Waals surface area contributed by atoms with E-state index in [2.05, 4.69) is 25.9 Å². The number of pyridine rings is 1. The first-order valence-electron chi connectivity index (χ1n) is 6.24. The second kappa shape index (κ2) is 6.85. The summed E-state index contributed by atoms with van der Waals surface area (Å²) >= 11 is 9.63. The number of ether oxygens (including phenoxy) is 2. The molecule has 0 aliphatic carbocycles. The van der Waals surface area contributed by atoms with Gasteiger partial charge in [-0.3, -0.25) is 0 Å². The third-order valence-corrected chi connectivity index (χ3v) is 3.64. The molecule has 0 aliphatic heterocycles. The Kier molecular flexibility index (Phi) is 5.37. The number of rotatable bonds is 6. The van der Waals surface area contributed by atoms with Crippen LogP contribution in [0.4, 0.5) is 0 Å². The first-order chi connectivity index (χ1) is 9.56. The van der Waals surface area contributed by atoms with Crippen molar-refractivity contribution < 1.29 is 9.47 Å². The maximum absolute atomic E-state index is 6.23. The molecule has 0 saturated heterocycles. The zero-order valence-electron chi connectivity index (χ0n) is 11.6. The predicted octanol–water partition coefficient (Wildman–Crippen LogP) is 3.16. The smallest absolute Gasteiger partial charge is 0.160 e. The fraction of sp³-hybridized carbons (Fsp3) is 0.538. The zero-order chi connectivity index (χ0) is 14.7. The van der Waals surface area contributed by atoms with E-state index in [1.807, 2.05) is 17.6 Å². The van der Waals surface area contributed by atoms with Gasteiger partial charge >= 0.3 is 0 Å². The highest BCUT2D eigenvalue weighted by Crippen LogP contribution is 2.25. The zero-order valence-corrected chi connectivity index (χ0v) is 14.0. The number of aromatic nitrogens is 3. The predicted molar refractivity (Wildman–Crippen MR) is 82.2 cm³/mol. The molecule has 0 amide bonds. The summed E-state index contributed by atoms with van der Waals surface area (Å²) in [6.45, 7) is 3.00. The van der Waals surface area contributed by atoms with Crippen LogP contribution in [0.5, 0.6) is 0 Å². The molecule has 0 fully saturated rings. The maximum atomic E-state index is 6.23. The maximum Gasteiger partial charge on any atom is 0.160 e. The Morgan fingerprint density at radius 3 is 2.80 bits per heavy atom. The van der Waals surface area contributed by atoms with E-state index in [1.165, 1.54) is 0 Å². The molecule has 0 saturated carbocycles. The number of imidazole rings is 1. The van der Waals surface area contributed by atoms with Crippen molar-refractivity contribution >= 4 is 38.7 Å². The minimum Gasteiger partial charge on any atom is -0.382 e. The molecule has 0 bridgehead atoms. The normalized spacial score (nSPS) is 14.7. The van der Waals surface area contributed by atoms with E-state index in [0.29, 0.717) is 13.2 Å². The first kappa shape index (κ1) is 15.7. The average Bonchev–Trinajstić information content (AvgIpc) is 2.76. The van der Waals surface area contributed by atoms with Crippen LogP contribution < -0.4 is 0 Å². The standard InChI is InChI=1S/C13H17BrClN3O2/c1-8(15)12-17-11-4-9(14)5-16-13(11)18(12)6-10(20-3)7-19-2/h4-5,8,10H,6-7H2,1-3H3. The van der Waals surface area contributed by atoms with Crippen LogP contribution >= 0.6 is 27.5 Å². The van der Waals surface area contributed by atoms with Crippen LogP contribution in [0.15, 0.2) is 16.7 Å². The van der Waals surface area contributed by atoms with Crippen molar-refractivity contribution in [1.82, 2.24) is 14.5 Å². The van der Waals surface area contributed by atoms with Crippen molar-refractivity contribution in [1.29, 1.82) is 0 Å². The molecule has 2 aromatic rings. The third-order valence-electron chi connectivity index (χ3n) is 3.01. The second-order valence-electron chi connectivity index (χ2n) is 4.51. The van der Waals surface area contributed by atoms with Gasteiger partial charge in [-0.2, -0.15) is 0 Å². The largest absolute Gasteiger partial charge is 0.382 e. The molecule has 0 aromatic carbocycles. The highest BCUT2D eigenvalue weighted by Gasteiger charge is 2.19. The molecular formula is C13H17BrClN3O2. The van der Waals surface area contributed by atoms with Gasteiger partial charge in [-0.1, -0.05) is 0 Å². The van der Waals surface area contributed by atoms with Crippen LogP contribution in [0.2, 0.25) is 0 Å². The lowest BCUT2D eigenvalue weighted by Crippen LogP contribution is -2.25. The molecule has 110 valence electrons. The summed E-state index contributed by atoms with van der Waals surface area (Å²) in [7, 11) is 3.31. The molecule has 2 atom stereocenters. The minimum atomic E-state index is -0.206. The lowest BCUT2D eigenvalue weighted by atomic mass is 10.3. The lowest BCUT2D eigenvalue weighted by Gasteiger charge is -2.17. The summed E-state index contributed by atoms with van der Waals surface area (Å²) in [5.74, 6) is 0.783. The van der Waals surface area contributed by atoms with Crippen LogP contribution in [0.25, 0.3) is 11.2 Å². The average molecular weight is 363 g/mol. The van der Waals surface area contributed by atoms with Gasteiger partial charge in [0.2, 0.25) is 0 Å². The molecule has 2 aromatic heterocycles. The monoisotopic (exact) mass is 361 g/mol. The summed E-state index contributed by atoms with van der Waals surface area (Å²) in [4.78, 5) is 8.99. The summed E-state index contributed by atoms with van der Waals surface area (Å²) in [6.07, 6.45) is 1.68.